The Kier molecular flexibility index (Phi) is 4.53. The molecule has 1 aromatic rings. The van der Waals surface area contributed by atoms with Crippen molar-refractivity contribution in [3.63, 3.8) is 0 Å². The number of rotatable bonds is 4. The molecule has 4 amide bonds. The molecule has 24 heavy (non-hydrogen) atoms. The number of carbonyl (C=O) groups is 3. The number of nitrogens with zero attached hydrogens (tertiary/aromatic N) is 3. The molecule has 2 atom stereocenters. The molecule has 0 spiro atoms. The molecule has 0 unspecified atom stereocenters. The molecule has 1 aromatic carbocycles. The van der Waals surface area contributed by atoms with E-state index in [1.54, 1.807) is 9.80 Å². The number of ether oxygens (including phenoxy) is 1. The van der Waals surface area contributed by atoms with E-state index >= 15 is 0 Å². The quantitative estimate of drug-likeness (QED) is 0.768. The minimum absolute atomic E-state index is 0.0149. The van der Waals surface area contributed by atoms with Crippen molar-refractivity contribution < 1.29 is 19.1 Å². The Labute approximate surface area is 140 Å². The number of piperazine rings is 1. The summed E-state index contributed by atoms with van der Waals surface area (Å²) in [4.78, 5) is 41.9. The van der Waals surface area contributed by atoms with E-state index in [4.69, 9.17) is 4.74 Å². The van der Waals surface area contributed by atoms with Crippen molar-refractivity contribution in [3.05, 3.63) is 35.9 Å². The second kappa shape index (κ2) is 6.60. The zero-order valence-electron chi connectivity index (χ0n) is 13.8. The van der Waals surface area contributed by atoms with Crippen molar-refractivity contribution in [2.75, 3.05) is 33.4 Å². The molecule has 2 heterocycles. The molecular formula is C17H21N3O4. The molecule has 2 fully saturated rings. The maximum absolute atomic E-state index is 12.8. The second-order valence-corrected chi connectivity index (χ2v) is 6.06. The number of imide groups is 1. The van der Waals surface area contributed by atoms with Gasteiger partial charge in [-0.3, -0.25) is 14.5 Å². The van der Waals surface area contributed by atoms with Gasteiger partial charge in [0.05, 0.1) is 12.6 Å². The zero-order chi connectivity index (χ0) is 17.3. The molecule has 0 radical (unpaired) electrons. The fraction of sp³-hybridized carbons (Fsp3) is 0.471. The van der Waals surface area contributed by atoms with E-state index in [1.807, 2.05) is 37.3 Å². The highest BCUT2D eigenvalue weighted by atomic mass is 16.5. The minimum Gasteiger partial charge on any atom is -0.375 e. The van der Waals surface area contributed by atoms with Crippen molar-refractivity contribution in [2.24, 2.45) is 0 Å². The molecule has 0 aromatic heterocycles. The van der Waals surface area contributed by atoms with Gasteiger partial charge in [0.2, 0.25) is 5.91 Å². The lowest BCUT2D eigenvalue weighted by molar-refractivity contribution is -0.139. The number of benzene rings is 1. The minimum atomic E-state index is -0.599. The molecule has 0 saturated carbocycles. The first-order chi connectivity index (χ1) is 11.5. The second-order valence-electron chi connectivity index (χ2n) is 6.06. The third-order valence-electron chi connectivity index (χ3n) is 4.64. The third-order valence-corrected chi connectivity index (χ3v) is 4.64. The topological polar surface area (TPSA) is 70.2 Å². The van der Waals surface area contributed by atoms with Crippen LogP contribution in [0.1, 0.15) is 18.5 Å². The van der Waals surface area contributed by atoms with E-state index in [2.05, 4.69) is 0 Å². The molecule has 0 aliphatic carbocycles. The van der Waals surface area contributed by atoms with Crippen molar-refractivity contribution in [1.82, 2.24) is 14.7 Å². The van der Waals surface area contributed by atoms with Crippen molar-refractivity contribution in [3.8, 4) is 0 Å². The molecule has 7 nitrogen and oxygen atoms in total. The van der Waals surface area contributed by atoms with Crippen LogP contribution >= 0.6 is 0 Å². The lowest BCUT2D eigenvalue weighted by Crippen LogP contribution is -2.55. The first kappa shape index (κ1) is 16.4. The van der Waals surface area contributed by atoms with Crippen molar-refractivity contribution in [1.29, 1.82) is 0 Å². The van der Waals surface area contributed by atoms with Crippen LogP contribution < -0.4 is 0 Å². The van der Waals surface area contributed by atoms with Crippen LogP contribution in [0.2, 0.25) is 0 Å². The SMILES string of the molecule is COCC(=O)N1CCN2C(=O)N([C@H](C)c3ccccc3)C(=O)[C@H]2C1. The standard InChI is InChI=1S/C17H21N3O4/c1-12(13-6-4-3-5-7-13)20-16(22)14-10-18(15(21)11-24-2)8-9-19(14)17(20)23/h3-7,12,14H,8-11H2,1-2H3/t12-,14-/m1/s1. The molecule has 0 bridgehead atoms. The van der Waals surface area contributed by atoms with E-state index in [0.29, 0.717) is 13.1 Å². The highest BCUT2D eigenvalue weighted by Gasteiger charge is 2.49. The number of amides is 4. The van der Waals surface area contributed by atoms with Crippen LogP contribution in [0.4, 0.5) is 4.79 Å². The summed E-state index contributed by atoms with van der Waals surface area (Å²) in [5.41, 5.74) is 0.909. The Hall–Kier alpha value is -2.41. The smallest absolute Gasteiger partial charge is 0.328 e. The number of hydrogen-bond donors (Lipinski definition) is 0. The molecule has 0 N–H and O–H groups in total. The summed E-state index contributed by atoms with van der Waals surface area (Å²) in [7, 11) is 1.46. The van der Waals surface area contributed by atoms with Gasteiger partial charge in [-0.15, -0.1) is 0 Å². The molecular weight excluding hydrogens is 310 g/mol. The first-order valence-corrected chi connectivity index (χ1v) is 8.00. The lowest BCUT2D eigenvalue weighted by atomic mass is 10.1. The van der Waals surface area contributed by atoms with Gasteiger partial charge in [0.1, 0.15) is 12.6 Å². The van der Waals surface area contributed by atoms with Crippen LogP contribution in [-0.2, 0) is 14.3 Å². The maximum Gasteiger partial charge on any atom is 0.328 e. The van der Waals surface area contributed by atoms with Crippen molar-refractivity contribution >= 4 is 17.8 Å². The van der Waals surface area contributed by atoms with Gasteiger partial charge in [-0.05, 0) is 12.5 Å². The highest BCUT2D eigenvalue weighted by Crippen LogP contribution is 2.30. The van der Waals surface area contributed by atoms with Crippen LogP contribution in [-0.4, -0.2) is 71.9 Å². The Balaban J connectivity index is 1.78. The van der Waals surface area contributed by atoms with E-state index < -0.39 is 6.04 Å². The van der Waals surface area contributed by atoms with Crippen LogP contribution in [0.3, 0.4) is 0 Å². The Morgan fingerprint density at radius 2 is 1.96 bits per heavy atom. The summed E-state index contributed by atoms with van der Waals surface area (Å²) in [5, 5.41) is 0. The summed E-state index contributed by atoms with van der Waals surface area (Å²) < 4.78 is 4.87. The van der Waals surface area contributed by atoms with Gasteiger partial charge in [-0.2, -0.15) is 0 Å². The fourth-order valence-corrected chi connectivity index (χ4v) is 3.29. The summed E-state index contributed by atoms with van der Waals surface area (Å²) >= 11 is 0. The van der Waals surface area contributed by atoms with E-state index in [9.17, 15) is 14.4 Å². The molecule has 7 heteroatoms. The van der Waals surface area contributed by atoms with Crippen molar-refractivity contribution in [2.45, 2.75) is 19.0 Å². The van der Waals surface area contributed by atoms with E-state index in [-0.39, 0.29) is 37.0 Å². The number of carbonyl (C=O) groups excluding carboxylic acids is 3. The molecule has 2 saturated heterocycles. The van der Waals surface area contributed by atoms with Crippen LogP contribution in [0.5, 0.6) is 0 Å². The normalized spacial score (nSPS) is 21.9. The third kappa shape index (κ3) is 2.75. The Bertz CT molecular complexity index is 648. The molecule has 128 valence electrons. The largest absolute Gasteiger partial charge is 0.375 e. The van der Waals surface area contributed by atoms with Gasteiger partial charge in [-0.1, -0.05) is 30.3 Å². The van der Waals surface area contributed by atoms with Crippen LogP contribution in [0.25, 0.3) is 0 Å². The first-order valence-electron chi connectivity index (χ1n) is 8.00. The van der Waals surface area contributed by atoms with E-state index in [0.717, 1.165) is 5.56 Å². The lowest BCUT2D eigenvalue weighted by Gasteiger charge is -2.35. The van der Waals surface area contributed by atoms with Gasteiger partial charge < -0.3 is 14.5 Å². The number of fused-ring (bicyclic) bond motifs is 1. The summed E-state index contributed by atoms with van der Waals surface area (Å²) in [5.74, 6) is -0.404. The number of hydrogen-bond acceptors (Lipinski definition) is 4. The molecule has 3 rings (SSSR count). The van der Waals surface area contributed by atoms with Gasteiger partial charge in [0, 0.05) is 20.2 Å². The monoisotopic (exact) mass is 331 g/mol. The van der Waals surface area contributed by atoms with Gasteiger partial charge in [0.25, 0.3) is 5.91 Å². The highest BCUT2D eigenvalue weighted by molar-refractivity contribution is 6.05. The Morgan fingerprint density at radius 3 is 2.62 bits per heavy atom. The van der Waals surface area contributed by atoms with Gasteiger partial charge in [-0.25, -0.2) is 4.79 Å². The van der Waals surface area contributed by atoms with Gasteiger partial charge in [0.15, 0.2) is 0 Å². The number of urea groups is 1. The zero-order valence-corrected chi connectivity index (χ0v) is 13.8. The summed E-state index contributed by atoms with van der Waals surface area (Å²) in [6.07, 6.45) is 0. The number of methoxy groups -OCH3 is 1. The Morgan fingerprint density at radius 1 is 1.25 bits per heavy atom. The van der Waals surface area contributed by atoms with Crippen LogP contribution in [0.15, 0.2) is 30.3 Å². The summed E-state index contributed by atoms with van der Waals surface area (Å²) in [6, 6.07) is 8.25. The fourth-order valence-electron chi connectivity index (χ4n) is 3.29. The summed E-state index contributed by atoms with van der Waals surface area (Å²) in [6.45, 7) is 2.84. The predicted octanol–water partition coefficient (Wildman–Crippen LogP) is 0.869. The van der Waals surface area contributed by atoms with Crippen LogP contribution in [0, 0.1) is 0 Å². The van der Waals surface area contributed by atoms with E-state index in [1.165, 1.54) is 12.0 Å². The average molecular weight is 331 g/mol. The molecule has 2 aliphatic rings. The molecule has 2 aliphatic heterocycles. The maximum atomic E-state index is 12.8. The van der Waals surface area contributed by atoms with Gasteiger partial charge >= 0.3 is 6.03 Å². The average Bonchev–Trinajstić information content (AvgIpc) is 2.86. The predicted molar refractivity (Wildman–Crippen MR) is 86.0 cm³/mol.